The molecule has 1 saturated carbocycles. The maximum atomic E-state index is 11.4. The SMILES string of the molecule is CN=C(NCCN1CCS(=O)(=O)CC1)N1CCC2(CCC2)C1.I. The van der Waals surface area contributed by atoms with Gasteiger partial charge in [0.1, 0.15) is 0 Å². The third kappa shape index (κ3) is 4.72. The number of halogens is 1. The van der Waals surface area contributed by atoms with Crippen LogP contribution in [-0.4, -0.2) is 82.0 Å². The van der Waals surface area contributed by atoms with Gasteiger partial charge in [-0.15, -0.1) is 24.0 Å². The molecule has 3 aliphatic rings. The summed E-state index contributed by atoms with van der Waals surface area (Å²) in [7, 11) is -0.930. The number of aliphatic imine (C=N–C) groups is 1. The second-order valence-electron chi connectivity index (χ2n) is 6.99. The predicted octanol–water partition coefficient (Wildman–Crippen LogP) is 0.786. The second kappa shape index (κ2) is 7.86. The van der Waals surface area contributed by atoms with E-state index in [2.05, 4.69) is 20.1 Å². The van der Waals surface area contributed by atoms with Crippen LogP contribution in [0.15, 0.2) is 4.99 Å². The predicted molar refractivity (Wildman–Crippen MR) is 104 cm³/mol. The molecule has 0 aromatic heterocycles. The summed E-state index contributed by atoms with van der Waals surface area (Å²) in [5.41, 5.74) is 0.582. The van der Waals surface area contributed by atoms with Crippen molar-refractivity contribution >= 4 is 39.8 Å². The van der Waals surface area contributed by atoms with Crippen molar-refractivity contribution in [3.05, 3.63) is 0 Å². The van der Waals surface area contributed by atoms with Gasteiger partial charge in [0.05, 0.1) is 11.5 Å². The summed E-state index contributed by atoms with van der Waals surface area (Å²) in [5.74, 6) is 1.61. The third-order valence-corrected chi connectivity index (χ3v) is 7.12. The molecule has 8 heteroatoms. The van der Waals surface area contributed by atoms with Crippen LogP contribution >= 0.6 is 24.0 Å². The first-order chi connectivity index (χ1) is 10.5. The number of hydrogen-bond donors (Lipinski definition) is 1. The molecular weight excluding hydrogens is 427 g/mol. The van der Waals surface area contributed by atoms with Crippen LogP contribution in [-0.2, 0) is 9.84 Å². The van der Waals surface area contributed by atoms with E-state index in [1.54, 1.807) is 0 Å². The standard InChI is InChI=1S/C15H28N4O2S.HI/c1-16-14(19-7-5-15(13-19)3-2-4-15)17-6-8-18-9-11-22(20,21)12-10-18;/h2-13H2,1H3,(H,16,17);1H. The zero-order chi connectivity index (χ0) is 15.6. The molecule has 0 aromatic rings. The number of guanidine groups is 1. The highest BCUT2D eigenvalue weighted by Crippen LogP contribution is 2.47. The van der Waals surface area contributed by atoms with E-state index in [0.717, 1.165) is 32.1 Å². The minimum atomic E-state index is -2.78. The van der Waals surface area contributed by atoms with E-state index in [1.165, 1.54) is 25.7 Å². The summed E-state index contributed by atoms with van der Waals surface area (Å²) in [6.07, 6.45) is 5.45. The molecule has 23 heavy (non-hydrogen) atoms. The van der Waals surface area contributed by atoms with Crippen molar-refractivity contribution in [1.29, 1.82) is 0 Å². The highest BCUT2D eigenvalue weighted by molar-refractivity contribution is 14.0. The molecule has 0 radical (unpaired) electrons. The fourth-order valence-electron chi connectivity index (χ4n) is 3.83. The maximum Gasteiger partial charge on any atom is 0.193 e. The smallest absolute Gasteiger partial charge is 0.193 e. The van der Waals surface area contributed by atoms with Crippen molar-refractivity contribution < 1.29 is 8.42 Å². The molecule has 0 bridgehead atoms. The van der Waals surface area contributed by atoms with Gasteiger partial charge in [-0.3, -0.25) is 9.89 Å². The first kappa shape index (κ1) is 19.2. The molecule has 1 N–H and O–H groups in total. The Balaban J connectivity index is 0.00000192. The van der Waals surface area contributed by atoms with Crippen molar-refractivity contribution in [3.63, 3.8) is 0 Å². The summed E-state index contributed by atoms with van der Waals surface area (Å²) in [6.45, 7) is 5.30. The van der Waals surface area contributed by atoms with E-state index in [0.29, 0.717) is 30.0 Å². The van der Waals surface area contributed by atoms with Crippen molar-refractivity contribution in [3.8, 4) is 0 Å². The molecule has 0 amide bonds. The molecule has 0 unspecified atom stereocenters. The van der Waals surface area contributed by atoms with Crippen LogP contribution in [0, 0.1) is 5.41 Å². The van der Waals surface area contributed by atoms with E-state index in [1.807, 2.05) is 7.05 Å². The number of nitrogens with zero attached hydrogens (tertiary/aromatic N) is 3. The molecule has 134 valence electrons. The minimum absolute atomic E-state index is 0. The Labute approximate surface area is 157 Å². The summed E-state index contributed by atoms with van der Waals surface area (Å²) < 4.78 is 22.9. The normalized spacial score (nSPS) is 26.7. The van der Waals surface area contributed by atoms with Crippen LogP contribution in [0.4, 0.5) is 0 Å². The van der Waals surface area contributed by atoms with Crippen molar-refractivity contribution in [2.45, 2.75) is 25.7 Å². The molecule has 2 heterocycles. The van der Waals surface area contributed by atoms with Gasteiger partial charge in [-0.1, -0.05) is 6.42 Å². The van der Waals surface area contributed by atoms with Crippen LogP contribution in [0.2, 0.25) is 0 Å². The van der Waals surface area contributed by atoms with Gasteiger partial charge < -0.3 is 10.2 Å². The van der Waals surface area contributed by atoms with Crippen LogP contribution < -0.4 is 5.32 Å². The monoisotopic (exact) mass is 456 g/mol. The maximum absolute atomic E-state index is 11.4. The molecule has 0 aromatic carbocycles. The lowest BCUT2D eigenvalue weighted by atomic mass is 9.68. The van der Waals surface area contributed by atoms with Crippen LogP contribution in [0.1, 0.15) is 25.7 Å². The first-order valence-electron chi connectivity index (χ1n) is 8.40. The first-order valence-corrected chi connectivity index (χ1v) is 10.2. The summed E-state index contributed by atoms with van der Waals surface area (Å²) >= 11 is 0. The summed E-state index contributed by atoms with van der Waals surface area (Å²) in [4.78, 5) is 9.03. The van der Waals surface area contributed by atoms with Gasteiger partial charge in [0, 0.05) is 46.3 Å². The van der Waals surface area contributed by atoms with Gasteiger partial charge in [0.2, 0.25) is 0 Å². The third-order valence-electron chi connectivity index (χ3n) is 5.51. The molecular formula is C15H29IN4O2S. The highest BCUT2D eigenvalue weighted by Gasteiger charge is 2.43. The largest absolute Gasteiger partial charge is 0.355 e. The Morgan fingerprint density at radius 3 is 2.39 bits per heavy atom. The van der Waals surface area contributed by atoms with Crippen molar-refractivity contribution in [1.82, 2.24) is 15.1 Å². The lowest BCUT2D eigenvalue weighted by molar-refractivity contribution is 0.151. The molecule has 0 atom stereocenters. The van der Waals surface area contributed by atoms with Crippen LogP contribution in [0.3, 0.4) is 0 Å². The Morgan fingerprint density at radius 2 is 1.87 bits per heavy atom. The van der Waals surface area contributed by atoms with Crippen LogP contribution in [0.25, 0.3) is 0 Å². The van der Waals surface area contributed by atoms with Gasteiger partial charge in [-0.05, 0) is 24.7 Å². The zero-order valence-electron chi connectivity index (χ0n) is 14.0. The van der Waals surface area contributed by atoms with Crippen LogP contribution in [0.5, 0.6) is 0 Å². The average molecular weight is 456 g/mol. The minimum Gasteiger partial charge on any atom is -0.355 e. The molecule has 6 nitrogen and oxygen atoms in total. The topological polar surface area (TPSA) is 65.0 Å². The average Bonchev–Trinajstić information content (AvgIpc) is 2.91. The number of hydrogen-bond acceptors (Lipinski definition) is 4. The molecule has 2 saturated heterocycles. The lowest BCUT2D eigenvalue weighted by Crippen LogP contribution is -2.47. The molecule has 3 fully saturated rings. The molecule has 3 rings (SSSR count). The van der Waals surface area contributed by atoms with Gasteiger partial charge in [0.25, 0.3) is 0 Å². The second-order valence-corrected chi connectivity index (χ2v) is 9.30. The molecule has 2 aliphatic heterocycles. The Kier molecular flexibility index (Phi) is 6.57. The summed E-state index contributed by atoms with van der Waals surface area (Å²) in [6, 6.07) is 0. The van der Waals surface area contributed by atoms with Gasteiger partial charge in [-0.25, -0.2) is 8.42 Å². The van der Waals surface area contributed by atoms with Gasteiger partial charge >= 0.3 is 0 Å². The Morgan fingerprint density at radius 1 is 1.17 bits per heavy atom. The lowest BCUT2D eigenvalue weighted by Gasteiger charge is -2.38. The van der Waals surface area contributed by atoms with Gasteiger partial charge in [0.15, 0.2) is 15.8 Å². The number of rotatable bonds is 3. The van der Waals surface area contributed by atoms with E-state index in [9.17, 15) is 8.42 Å². The Bertz CT molecular complexity index is 520. The number of likely N-dealkylation sites (tertiary alicyclic amines) is 1. The summed E-state index contributed by atoms with van der Waals surface area (Å²) in [5, 5.41) is 3.45. The quantitative estimate of drug-likeness (QED) is 0.387. The van der Waals surface area contributed by atoms with E-state index < -0.39 is 9.84 Å². The zero-order valence-corrected chi connectivity index (χ0v) is 17.1. The van der Waals surface area contributed by atoms with Crippen molar-refractivity contribution in [2.75, 3.05) is 57.8 Å². The van der Waals surface area contributed by atoms with E-state index >= 15 is 0 Å². The van der Waals surface area contributed by atoms with E-state index in [-0.39, 0.29) is 24.0 Å². The van der Waals surface area contributed by atoms with Gasteiger partial charge in [-0.2, -0.15) is 0 Å². The molecule has 1 spiro atoms. The van der Waals surface area contributed by atoms with Crippen molar-refractivity contribution in [2.24, 2.45) is 10.4 Å². The fourth-order valence-corrected chi connectivity index (χ4v) is 5.11. The fraction of sp³-hybridized carbons (Fsp3) is 0.933. The Hall–Kier alpha value is -0.0900. The molecule has 1 aliphatic carbocycles. The number of sulfone groups is 1. The highest BCUT2D eigenvalue weighted by atomic mass is 127. The number of nitrogens with one attached hydrogen (secondary N) is 1. The van der Waals surface area contributed by atoms with E-state index in [4.69, 9.17) is 0 Å².